The first kappa shape index (κ1) is 9.74. The molecule has 0 radical (unpaired) electrons. The topological polar surface area (TPSA) is 31.1 Å². The quantitative estimate of drug-likeness (QED) is 0.743. The molecule has 1 fully saturated rings. The van der Waals surface area contributed by atoms with Crippen LogP contribution >= 0.6 is 0 Å². The van der Waals surface area contributed by atoms with Crippen molar-refractivity contribution in [1.29, 1.82) is 0 Å². The van der Waals surface area contributed by atoms with Crippen molar-refractivity contribution in [1.82, 2.24) is 15.2 Å². The van der Waals surface area contributed by atoms with Crippen LogP contribution in [0.1, 0.15) is 25.6 Å². The molecular formula is C11H19N3. The Bertz CT molecular complexity index is 268. The maximum Gasteiger partial charge on any atom is 0.0474 e. The van der Waals surface area contributed by atoms with E-state index in [4.69, 9.17) is 0 Å². The Morgan fingerprint density at radius 3 is 3.07 bits per heavy atom. The second-order valence-electron chi connectivity index (χ2n) is 4.09. The minimum Gasteiger partial charge on any atom is -0.364 e. The highest BCUT2D eigenvalue weighted by Crippen LogP contribution is 2.21. The molecule has 2 N–H and O–H groups in total. The van der Waals surface area contributed by atoms with Gasteiger partial charge in [-0.05, 0) is 26.0 Å². The maximum atomic E-state index is 3.41. The second kappa shape index (κ2) is 4.15. The molecule has 2 rings (SSSR count). The smallest absolute Gasteiger partial charge is 0.0474 e. The maximum absolute atomic E-state index is 3.41. The van der Waals surface area contributed by atoms with E-state index in [0.717, 1.165) is 19.6 Å². The lowest BCUT2D eigenvalue weighted by atomic mass is 10.1. The van der Waals surface area contributed by atoms with Gasteiger partial charge in [0.25, 0.3) is 0 Å². The highest BCUT2D eigenvalue weighted by molar-refractivity contribution is 5.09. The van der Waals surface area contributed by atoms with Crippen molar-refractivity contribution in [2.75, 3.05) is 19.6 Å². The Kier molecular flexibility index (Phi) is 2.89. The Balaban J connectivity index is 2.06. The van der Waals surface area contributed by atoms with E-state index < -0.39 is 0 Å². The van der Waals surface area contributed by atoms with E-state index in [2.05, 4.69) is 41.2 Å². The van der Waals surface area contributed by atoms with E-state index in [9.17, 15) is 0 Å². The largest absolute Gasteiger partial charge is 0.364 e. The van der Waals surface area contributed by atoms with E-state index in [1.165, 1.54) is 5.69 Å². The standard InChI is InChI=1S/C11H19N3/c1-9-8-12-6-7-14(9)10(2)11-4-3-5-13-11/h3-5,9-10,12-13H,6-8H2,1-2H3/t9-,10+/m0/s1. The lowest BCUT2D eigenvalue weighted by Crippen LogP contribution is -2.50. The molecule has 1 saturated heterocycles. The molecule has 1 aliphatic rings. The third-order valence-corrected chi connectivity index (χ3v) is 3.12. The molecule has 2 heterocycles. The first-order valence-electron chi connectivity index (χ1n) is 5.39. The Labute approximate surface area is 85.5 Å². The van der Waals surface area contributed by atoms with Gasteiger partial charge in [0, 0.05) is 43.6 Å². The van der Waals surface area contributed by atoms with Crippen molar-refractivity contribution in [3.05, 3.63) is 24.0 Å². The minimum absolute atomic E-state index is 0.502. The molecule has 1 aromatic heterocycles. The van der Waals surface area contributed by atoms with E-state index in [0.29, 0.717) is 12.1 Å². The van der Waals surface area contributed by atoms with Gasteiger partial charge in [-0.3, -0.25) is 4.90 Å². The number of rotatable bonds is 2. The Morgan fingerprint density at radius 2 is 2.43 bits per heavy atom. The van der Waals surface area contributed by atoms with Gasteiger partial charge in [0.05, 0.1) is 0 Å². The third kappa shape index (κ3) is 1.83. The zero-order chi connectivity index (χ0) is 9.97. The molecule has 0 saturated carbocycles. The number of H-pyrrole nitrogens is 1. The lowest BCUT2D eigenvalue weighted by molar-refractivity contribution is 0.124. The van der Waals surface area contributed by atoms with Crippen LogP contribution in [0.4, 0.5) is 0 Å². The van der Waals surface area contributed by atoms with Crippen LogP contribution in [0.2, 0.25) is 0 Å². The number of nitrogens with one attached hydrogen (secondary N) is 2. The van der Waals surface area contributed by atoms with Crippen LogP contribution in [-0.2, 0) is 0 Å². The number of aromatic nitrogens is 1. The first-order valence-corrected chi connectivity index (χ1v) is 5.39. The zero-order valence-electron chi connectivity index (χ0n) is 8.96. The molecule has 2 atom stereocenters. The van der Waals surface area contributed by atoms with Crippen molar-refractivity contribution in [2.24, 2.45) is 0 Å². The highest BCUT2D eigenvalue weighted by atomic mass is 15.2. The average molecular weight is 193 g/mol. The summed E-state index contributed by atoms with van der Waals surface area (Å²) in [4.78, 5) is 5.84. The number of piperazine rings is 1. The molecule has 0 aromatic carbocycles. The monoisotopic (exact) mass is 193 g/mol. The average Bonchev–Trinajstić information content (AvgIpc) is 2.70. The molecule has 3 heteroatoms. The van der Waals surface area contributed by atoms with Crippen molar-refractivity contribution in [2.45, 2.75) is 25.9 Å². The van der Waals surface area contributed by atoms with Gasteiger partial charge in [0.2, 0.25) is 0 Å². The number of nitrogens with zero attached hydrogens (tertiary/aromatic N) is 1. The second-order valence-corrected chi connectivity index (χ2v) is 4.09. The first-order chi connectivity index (χ1) is 6.79. The fourth-order valence-corrected chi connectivity index (χ4v) is 2.21. The Hall–Kier alpha value is -0.800. The molecule has 14 heavy (non-hydrogen) atoms. The van der Waals surface area contributed by atoms with Crippen LogP contribution in [0.25, 0.3) is 0 Å². The van der Waals surface area contributed by atoms with Crippen molar-refractivity contribution in [3.8, 4) is 0 Å². The molecule has 0 bridgehead atoms. The molecule has 1 aliphatic heterocycles. The summed E-state index contributed by atoms with van der Waals surface area (Å²) in [6, 6.07) is 5.36. The summed E-state index contributed by atoms with van der Waals surface area (Å²) in [6.07, 6.45) is 2.00. The summed E-state index contributed by atoms with van der Waals surface area (Å²) >= 11 is 0. The highest BCUT2D eigenvalue weighted by Gasteiger charge is 2.23. The molecule has 0 aliphatic carbocycles. The van der Waals surface area contributed by atoms with Crippen LogP contribution in [0.15, 0.2) is 18.3 Å². The van der Waals surface area contributed by atoms with Crippen LogP contribution < -0.4 is 5.32 Å². The van der Waals surface area contributed by atoms with Crippen LogP contribution in [0, 0.1) is 0 Å². The van der Waals surface area contributed by atoms with Crippen molar-refractivity contribution >= 4 is 0 Å². The number of hydrogen-bond donors (Lipinski definition) is 2. The normalized spacial score (nSPS) is 26.3. The van der Waals surface area contributed by atoms with E-state index >= 15 is 0 Å². The van der Waals surface area contributed by atoms with Crippen molar-refractivity contribution in [3.63, 3.8) is 0 Å². The summed E-state index contributed by atoms with van der Waals surface area (Å²) in [6.45, 7) is 7.90. The van der Waals surface area contributed by atoms with Gasteiger partial charge in [0.1, 0.15) is 0 Å². The number of hydrogen-bond acceptors (Lipinski definition) is 2. The summed E-state index contributed by atoms with van der Waals surface area (Å²) in [7, 11) is 0. The van der Waals surface area contributed by atoms with Crippen LogP contribution in [0.5, 0.6) is 0 Å². The van der Waals surface area contributed by atoms with E-state index in [1.54, 1.807) is 0 Å². The minimum atomic E-state index is 0.502. The summed E-state index contributed by atoms with van der Waals surface area (Å²) < 4.78 is 0. The molecule has 3 nitrogen and oxygen atoms in total. The molecule has 78 valence electrons. The molecule has 1 aromatic rings. The predicted molar refractivity (Wildman–Crippen MR) is 58.2 cm³/mol. The summed E-state index contributed by atoms with van der Waals surface area (Å²) in [5, 5.41) is 3.41. The predicted octanol–water partition coefficient (Wildman–Crippen LogP) is 1.37. The summed E-state index contributed by atoms with van der Waals surface area (Å²) in [5.74, 6) is 0. The van der Waals surface area contributed by atoms with Gasteiger partial charge in [-0.25, -0.2) is 0 Å². The van der Waals surface area contributed by atoms with Crippen LogP contribution in [0.3, 0.4) is 0 Å². The lowest BCUT2D eigenvalue weighted by Gasteiger charge is -2.38. The fraction of sp³-hybridized carbons (Fsp3) is 0.636. The fourth-order valence-electron chi connectivity index (χ4n) is 2.21. The Morgan fingerprint density at radius 1 is 1.57 bits per heavy atom. The van der Waals surface area contributed by atoms with Gasteiger partial charge in [-0.15, -0.1) is 0 Å². The number of aromatic amines is 1. The van der Waals surface area contributed by atoms with Crippen LogP contribution in [-0.4, -0.2) is 35.6 Å². The third-order valence-electron chi connectivity index (χ3n) is 3.12. The zero-order valence-corrected chi connectivity index (χ0v) is 8.96. The van der Waals surface area contributed by atoms with Crippen molar-refractivity contribution < 1.29 is 0 Å². The van der Waals surface area contributed by atoms with Gasteiger partial charge < -0.3 is 10.3 Å². The van der Waals surface area contributed by atoms with Gasteiger partial charge in [0.15, 0.2) is 0 Å². The molecule has 0 amide bonds. The van der Waals surface area contributed by atoms with E-state index in [1.807, 2.05) is 6.20 Å². The summed E-state index contributed by atoms with van der Waals surface area (Å²) in [5.41, 5.74) is 1.32. The SMILES string of the molecule is C[C@H](c1ccc[nH]1)N1CCNC[C@@H]1C. The molecule has 0 unspecified atom stereocenters. The van der Waals surface area contributed by atoms with Gasteiger partial charge in [-0.2, -0.15) is 0 Å². The molecular weight excluding hydrogens is 174 g/mol. The van der Waals surface area contributed by atoms with Gasteiger partial charge in [-0.1, -0.05) is 0 Å². The van der Waals surface area contributed by atoms with E-state index in [-0.39, 0.29) is 0 Å². The van der Waals surface area contributed by atoms with Gasteiger partial charge >= 0.3 is 0 Å². The molecule has 0 spiro atoms.